The minimum absolute atomic E-state index is 0. The van der Waals surface area contributed by atoms with Crippen molar-refractivity contribution in [2.75, 3.05) is 32.1 Å². The molecule has 1 aliphatic rings. The molecule has 2 rings (SSSR count). The Labute approximate surface area is 164 Å². The first-order valence-corrected chi connectivity index (χ1v) is 8.03. The third-order valence-corrected chi connectivity index (χ3v) is 4.20. The Balaban J connectivity index is 0.00000288. The molecule has 3 N–H and O–H groups in total. The van der Waals surface area contributed by atoms with Crippen LogP contribution in [0.2, 0.25) is 5.02 Å². The van der Waals surface area contributed by atoms with Crippen molar-refractivity contribution in [2.24, 2.45) is 16.6 Å². The Kier molecular flexibility index (Phi) is 8.61. The summed E-state index contributed by atoms with van der Waals surface area (Å²) in [6.45, 7) is 3.80. The number of likely N-dealkylation sites (tertiary alicyclic amines) is 1. The maximum atomic E-state index is 11.4. The Bertz CT molecular complexity index is 597. The highest BCUT2D eigenvalue weighted by atomic mass is 127. The molecule has 0 saturated carbocycles. The van der Waals surface area contributed by atoms with Crippen molar-refractivity contribution >= 4 is 53.1 Å². The summed E-state index contributed by atoms with van der Waals surface area (Å²) in [5.41, 5.74) is 6.68. The molecule has 1 amide bonds. The number of halogens is 2. The molecular formula is C16H24ClIN4O2. The number of carbonyl (C=O) groups excluding carboxylic acids is 1. The highest BCUT2D eigenvalue weighted by Gasteiger charge is 2.21. The number of ether oxygens (including phenoxy) is 1. The van der Waals surface area contributed by atoms with Crippen LogP contribution in [0.4, 0.5) is 5.69 Å². The minimum Gasteiger partial charge on any atom is -0.495 e. The largest absolute Gasteiger partial charge is 0.495 e. The summed E-state index contributed by atoms with van der Waals surface area (Å²) in [7, 11) is 1.57. The fourth-order valence-electron chi connectivity index (χ4n) is 2.66. The molecule has 24 heavy (non-hydrogen) atoms. The fraction of sp³-hybridized carbons (Fsp3) is 0.500. The number of nitrogens with zero attached hydrogens (tertiary/aromatic N) is 2. The lowest BCUT2D eigenvalue weighted by molar-refractivity contribution is -0.130. The summed E-state index contributed by atoms with van der Waals surface area (Å²) in [6, 6.07) is 5.33. The van der Waals surface area contributed by atoms with Gasteiger partial charge in [0, 0.05) is 32.2 Å². The second kappa shape index (κ2) is 9.93. The van der Waals surface area contributed by atoms with E-state index in [-0.39, 0.29) is 29.9 Å². The molecule has 1 heterocycles. The van der Waals surface area contributed by atoms with Crippen LogP contribution in [-0.2, 0) is 4.79 Å². The van der Waals surface area contributed by atoms with Gasteiger partial charge in [0.25, 0.3) is 0 Å². The Morgan fingerprint density at radius 2 is 2.29 bits per heavy atom. The lowest BCUT2D eigenvalue weighted by atomic mass is 9.98. The summed E-state index contributed by atoms with van der Waals surface area (Å²) >= 11 is 6.07. The van der Waals surface area contributed by atoms with Gasteiger partial charge in [-0.05, 0) is 37.0 Å². The van der Waals surface area contributed by atoms with Gasteiger partial charge >= 0.3 is 0 Å². The number of aliphatic imine (C=N–C) groups is 1. The van der Waals surface area contributed by atoms with Gasteiger partial charge in [-0.3, -0.25) is 9.79 Å². The maximum absolute atomic E-state index is 11.4. The van der Waals surface area contributed by atoms with Gasteiger partial charge in [0.1, 0.15) is 5.75 Å². The molecule has 8 heteroatoms. The number of hydrogen-bond acceptors (Lipinski definition) is 3. The SMILES string of the molecule is COc1ccc(NC(N)=NCC2CCCN(C(C)=O)C2)cc1Cl.I. The zero-order valence-electron chi connectivity index (χ0n) is 13.9. The number of guanidine groups is 1. The van der Waals surface area contributed by atoms with Crippen LogP contribution in [0.25, 0.3) is 0 Å². The molecule has 1 saturated heterocycles. The van der Waals surface area contributed by atoms with Crippen molar-refractivity contribution < 1.29 is 9.53 Å². The van der Waals surface area contributed by atoms with Crippen LogP contribution in [0.3, 0.4) is 0 Å². The third kappa shape index (κ3) is 6.01. The Morgan fingerprint density at radius 3 is 2.92 bits per heavy atom. The molecule has 1 atom stereocenters. The summed E-state index contributed by atoms with van der Waals surface area (Å²) in [4.78, 5) is 17.7. The average Bonchev–Trinajstić information content (AvgIpc) is 2.53. The molecule has 1 aromatic rings. The topological polar surface area (TPSA) is 80.0 Å². The second-order valence-corrected chi connectivity index (χ2v) is 6.08. The molecular weight excluding hydrogens is 443 g/mol. The van der Waals surface area contributed by atoms with E-state index in [2.05, 4.69) is 10.3 Å². The first-order valence-electron chi connectivity index (χ1n) is 7.65. The average molecular weight is 467 g/mol. The Morgan fingerprint density at radius 1 is 1.54 bits per heavy atom. The van der Waals surface area contributed by atoms with E-state index in [4.69, 9.17) is 22.1 Å². The predicted octanol–water partition coefficient (Wildman–Crippen LogP) is 2.95. The van der Waals surface area contributed by atoms with Gasteiger partial charge in [0.2, 0.25) is 5.91 Å². The van der Waals surface area contributed by atoms with Crippen molar-refractivity contribution in [1.82, 2.24) is 4.90 Å². The summed E-state index contributed by atoms with van der Waals surface area (Å²) in [5.74, 6) is 1.43. The Hall–Kier alpha value is -1.22. The van der Waals surface area contributed by atoms with Crippen molar-refractivity contribution in [2.45, 2.75) is 19.8 Å². The number of piperidine rings is 1. The van der Waals surface area contributed by atoms with Crippen LogP contribution in [0.15, 0.2) is 23.2 Å². The molecule has 1 unspecified atom stereocenters. The lowest BCUT2D eigenvalue weighted by Crippen LogP contribution is -2.39. The van der Waals surface area contributed by atoms with Gasteiger partial charge in [-0.1, -0.05) is 11.6 Å². The normalized spacial score (nSPS) is 17.9. The zero-order valence-corrected chi connectivity index (χ0v) is 17.0. The van der Waals surface area contributed by atoms with E-state index in [1.165, 1.54) is 0 Å². The highest BCUT2D eigenvalue weighted by Crippen LogP contribution is 2.27. The fourth-order valence-corrected chi connectivity index (χ4v) is 2.92. The molecule has 0 aromatic heterocycles. The molecule has 0 spiro atoms. The molecule has 6 nitrogen and oxygen atoms in total. The van der Waals surface area contributed by atoms with Gasteiger partial charge in [0.15, 0.2) is 5.96 Å². The van der Waals surface area contributed by atoms with Crippen LogP contribution < -0.4 is 15.8 Å². The smallest absolute Gasteiger partial charge is 0.219 e. The van der Waals surface area contributed by atoms with Crippen LogP contribution in [0, 0.1) is 5.92 Å². The predicted molar refractivity (Wildman–Crippen MR) is 109 cm³/mol. The molecule has 134 valence electrons. The first kappa shape index (κ1) is 20.8. The van der Waals surface area contributed by atoms with Crippen LogP contribution in [-0.4, -0.2) is 43.5 Å². The van der Waals surface area contributed by atoms with E-state index >= 15 is 0 Å². The molecule has 1 fully saturated rings. The van der Waals surface area contributed by atoms with E-state index in [9.17, 15) is 4.79 Å². The number of nitrogens with two attached hydrogens (primary N) is 1. The monoisotopic (exact) mass is 466 g/mol. The van der Waals surface area contributed by atoms with E-state index in [1.807, 2.05) is 11.0 Å². The number of hydrogen-bond donors (Lipinski definition) is 2. The molecule has 0 aliphatic carbocycles. The number of methoxy groups -OCH3 is 1. The second-order valence-electron chi connectivity index (χ2n) is 5.67. The summed E-state index contributed by atoms with van der Waals surface area (Å²) in [6.07, 6.45) is 2.08. The molecule has 0 bridgehead atoms. The van der Waals surface area contributed by atoms with Gasteiger partial charge in [-0.2, -0.15) is 0 Å². The van der Waals surface area contributed by atoms with Crippen molar-refractivity contribution in [3.05, 3.63) is 23.2 Å². The first-order chi connectivity index (χ1) is 11.0. The van der Waals surface area contributed by atoms with Crippen molar-refractivity contribution in [1.29, 1.82) is 0 Å². The van der Waals surface area contributed by atoms with Crippen LogP contribution in [0.5, 0.6) is 5.75 Å². The van der Waals surface area contributed by atoms with E-state index in [1.54, 1.807) is 26.2 Å². The number of anilines is 1. The highest BCUT2D eigenvalue weighted by molar-refractivity contribution is 14.0. The van der Waals surface area contributed by atoms with Crippen molar-refractivity contribution in [3.8, 4) is 5.75 Å². The number of rotatable bonds is 4. The summed E-state index contributed by atoms with van der Waals surface area (Å²) in [5, 5.41) is 3.52. The summed E-state index contributed by atoms with van der Waals surface area (Å²) < 4.78 is 5.11. The van der Waals surface area contributed by atoms with E-state index in [0.717, 1.165) is 31.6 Å². The zero-order chi connectivity index (χ0) is 16.8. The number of benzene rings is 1. The van der Waals surface area contributed by atoms with Crippen LogP contribution >= 0.6 is 35.6 Å². The molecule has 0 radical (unpaired) electrons. The third-order valence-electron chi connectivity index (χ3n) is 3.91. The maximum Gasteiger partial charge on any atom is 0.219 e. The number of carbonyl (C=O) groups is 1. The standard InChI is InChI=1S/C16H23ClN4O2.HI/c1-11(22)21-7-3-4-12(10-21)9-19-16(18)20-13-5-6-15(23-2)14(17)8-13;/h5-6,8,12H,3-4,7,9-10H2,1-2H3,(H3,18,19,20);1H. The lowest BCUT2D eigenvalue weighted by Gasteiger charge is -2.31. The van der Waals surface area contributed by atoms with E-state index in [0.29, 0.717) is 29.2 Å². The van der Waals surface area contributed by atoms with Gasteiger partial charge < -0.3 is 20.7 Å². The van der Waals surface area contributed by atoms with Gasteiger partial charge in [-0.15, -0.1) is 24.0 Å². The van der Waals surface area contributed by atoms with E-state index < -0.39 is 0 Å². The number of amides is 1. The van der Waals surface area contributed by atoms with Crippen LogP contribution in [0.1, 0.15) is 19.8 Å². The molecule has 1 aliphatic heterocycles. The van der Waals surface area contributed by atoms with Gasteiger partial charge in [-0.25, -0.2) is 0 Å². The molecule has 1 aromatic carbocycles. The minimum atomic E-state index is 0. The van der Waals surface area contributed by atoms with Gasteiger partial charge in [0.05, 0.1) is 12.1 Å². The van der Waals surface area contributed by atoms with Crippen molar-refractivity contribution in [3.63, 3.8) is 0 Å². The number of nitrogens with one attached hydrogen (secondary N) is 1. The quantitative estimate of drug-likeness (QED) is 0.406.